The highest BCUT2D eigenvalue weighted by atomic mass is 16.1. The summed E-state index contributed by atoms with van der Waals surface area (Å²) in [4.78, 5) is 40.5. The van der Waals surface area contributed by atoms with Crippen molar-refractivity contribution in [1.29, 1.82) is 0 Å². The molecule has 1 atom stereocenters. The molecule has 0 radical (unpaired) electrons. The molecular formula is C22H21N7O2. The minimum absolute atomic E-state index is 0.00592. The molecule has 31 heavy (non-hydrogen) atoms. The third-order valence-corrected chi connectivity index (χ3v) is 5.67. The number of hydrogen-bond donors (Lipinski definition) is 0. The van der Waals surface area contributed by atoms with Crippen LogP contribution in [0.2, 0.25) is 0 Å². The van der Waals surface area contributed by atoms with Crippen molar-refractivity contribution in [3.63, 3.8) is 0 Å². The fourth-order valence-corrected chi connectivity index (χ4v) is 4.09. The van der Waals surface area contributed by atoms with Crippen LogP contribution in [-0.2, 0) is 13.6 Å². The number of hydrogen-bond acceptors (Lipinski definition) is 7. The Balaban J connectivity index is 1.50. The van der Waals surface area contributed by atoms with Crippen LogP contribution in [0.5, 0.6) is 0 Å². The Morgan fingerprint density at radius 3 is 2.81 bits per heavy atom. The van der Waals surface area contributed by atoms with Crippen LogP contribution in [-0.4, -0.2) is 41.9 Å². The molecular weight excluding hydrogens is 394 g/mol. The van der Waals surface area contributed by atoms with Gasteiger partial charge in [-0.2, -0.15) is 10.1 Å². The molecule has 0 aromatic carbocycles. The largest absolute Gasteiger partial charge is 0.337 e. The highest BCUT2D eigenvalue weighted by Crippen LogP contribution is 2.25. The second kappa shape index (κ2) is 7.75. The van der Waals surface area contributed by atoms with Crippen molar-refractivity contribution in [3.05, 3.63) is 75.7 Å². The molecule has 156 valence electrons. The van der Waals surface area contributed by atoms with E-state index in [9.17, 15) is 9.59 Å². The maximum Gasteiger partial charge on any atom is 0.266 e. The third-order valence-electron chi connectivity index (χ3n) is 5.67. The van der Waals surface area contributed by atoms with Crippen molar-refractivity contribution >= 4 is 17.0 Å². The summed E-state index contributed by atoms with van der Waals surface area (Å²) in [6.45, 7) is 1.16. The lowest BCUT2D eigenvalue weighted by Crippen LogP contribution is -2.40. The molecule has 1 saturated heterocycles. The summed E-state index contributed by atoms with van der Waals surface area (Å²) in [6.07, 6.45) is 6.87. The van der Waals surface area contributed by atoms with E-state index in [1.807, 2.05) is 12.1 Å². The van der Waals surface area contributed by atoms with Crippen LogP contribution in [0.4, 0.5) is 5.95 Å². The molecule has 1 aliphatic rings. The van der Waals surface area contributed by atoms with E-state index in [0.717, 1.165) is 24.9 Å². The highest BCUT2D eigenvalue weighted by molar-refractivity contribution is 5.74. The van der Waals surface area contributed by atoms with Crippen LogP contribution in [0.15, 0.2) is 64.6 Å². The number of pyridine rings is 2. The van der Waals surface area contributed by atoms with E-state index >= 15 is 0 Å². The number of fused-ring (bicyclic) bond motifs is 1. The molecule has 5 heterocycles. The first-order chi connectivity index (χ1) is 15.1. The Morgan fingerprint density at radius 1 is 1.10 bits per heavy atom. The zero-order valence-corrected chi connectivity index (χ0v) is 17.0. The van der Waals surface area contributed by atoms with Crippen molar-refractivity contribution in [2.75, 3.05) is 11.4 Å². The second-order valence-electron chi connectivity index (χ2n) is 7.62. The van der Waals surface area contributed by atoms with Gasteiger partial charge in [-0.25, -0.2) is 9.67 Å². The zero-order chi connectivity index (χ0) is 21.4. The summed E-state index contributed by atoms with van der Waals surface area (Å²) in [5, 5.41) is 5.05. The standard InChI is InChI=1S/C22H21N7O2/c1-27-21(31)17-7-3-11-24-20(17)25-22(27)28-12-4-6-16(28)14-29-19(30)9-8-18(26-29)15-5-2-10-23-13-15/h2-3,5,7-11,13,16H,4,6,12,14H2,1H3. The van der Waals surface area contributed by atoms with Gasteiger partial charge in [-0.15, -0.1) is 0 Å². The lowest BCUT2D eigenvalue weighted by molar-refractivity contribution is 0.483. The van der Waals surface area contributed by atoms with E-state index in [-0.39, 0.29) is 17.2 Å². The van der Waals surface area contributed by atoms with Gasteiger partial charge in [-0.1, -0.05) is 0 Å². The van der Waals surface area contributed by atoms with E-state index in [0.29, 0.717) is 29.2 Å². The quantitative estimate of drug-likeness (QED) is 0.499. The van der Waals surface area contributed by atoms with Crippen LogP contribution in [0.25, 0.3) is 22.3 Å². The first-order valence-electron chi connectivity index (χ1n) is 10.2. The normalized spacial score (nSPS) is 16.2. The smallest absolute Gasteiger partial charge is 0.266 e. The topological polar surface area (TPSA) is 98.8 Å². The Bertz CT molecular complexity index is 1360. The SMILES string of the molecule is Cn1c(N2CCCC2Cn2nc(-c3cccnc3)ccc2=O)nc2ncccc2c1=O. The van der Waals surface area contributed by atoms with Gasteiger partial charge in [0.15, 0.2) is 5.65 Å². The molecule has 4 aromatic rings. The molecule has 9 heteroatoms. The molecule has 5 rings (SSSR count). The fraction of sp³-hybridized carbons (Fsp3) is 0.273. The van der Waals surface area contributed by atoms with Gasteiger partial charge in [-0.3, -0.25) is 19.1 Å². The number of nitrogens with zero attached hydrogens (tertiary/aromatic N) is 7. The second-order valence-corrected chi connectivity index (χ2v) is 7.62. The van der Waals surface area contributed by atoms with E-state index in [2.05, 4.69) is 25.0 Å². The third kappa shape index (κ3) is 3.48. The molecule has 0 aliphatic carbocycles. The summed E-state index contributed by atoms with van der Waals surface area (Å²) in [5.41, 5.74) is 1.68. The minimum atomic E-state index is -0.165. The van der Waals surface area contributed by atoms with Gasteiger partial charge in [0.2, 0.25) is 5.95 Å². The lowest BCUT2D eigenvalue weighted by atomic mass is 10.2. The van der Waals surface area contributed by atoms with E-state index in [4.69, 9.17) is 0 Å². The van der Waals surface area contributed by atoms with Gasteiger partial charge >= 0.3 is 0 Å². The van der Waals surface area contributed by atoms with Crippen molar-refractivity contribution in [1.82, 2.24) is 29.3 Å². The van der Waals surface area contributed by atoms with E-state index in [1.165, 1.54) is 10.7 Å². The van der Waals surface area contributed by atoms with Crippen LogP contribution in [0.3, 0.4) is 0 Å². The van der Waals surface area contributed by atoms with Crippen molar-refractivity contribution in [2.45, 2.75) is 25.4 Å². The number of anilines is 1. The first-order valence-corrected chi connectivity index (χ1v) is 10.2. The Hall–Kier alpha value is -3.88. The molecule has 4 aromatic heterocycles. The van der Waals surface area contributed by atoms with E-state index < -0.39 is 0 Å². The summed E-state index contributed by atoms with van der Waals surface area (Å²) in [5.74, 6) is 0.565. The molecule has 1 unspecified atom stereocenters. The predicted molar refractivity (Wildman–Crippen MR) is 117 cm³/mol. The first kappa shape index (κ1) is 19.1. The number of aromatic nitrogens is 6. The predicted octanol–water partition coefficient (Wildman–Crippen LogP) is 1.62. The maximum absolute atomic E-state index is 12.8. The summed E-state index contributed by atoms with van der Waals surface area (Å²) in [7, 11) is 1.72. The van der Waals surface area contributed by atoms with Crippen LogP contribution >= 0.6 is 0 Å². The Kier molecular flexibility index (Phi) is 4.78. The summed E-state index contributed by atoms with van der Waals surface area (Å²) >= 11 is 0. The van der Waals surface area contributed by atoms with Crippen molar-refractivity contribution in [2.24, 2.45) is 7.05 Å². The van der Waals surface area contributed by atoms with Crippen molar-refractivity contribution in [3.8, 4) is 11.3 Å². The molecule has 0 spiro atoms. The minimum Gasteiger partial charge on any atom is -0.337 e. The molecule has 1 aliphatic heterocycles. The molecule has 1 fully saturated rings. The van der Waals surface area contributed by atoms with Crippen molar-refractivity contribution < 1.29 is 0 Å². The summed E-state index contributed by atoms with van der Waals surface area (Å²) in [6, 6.07) is 10.4. The maximum atomic E-state index is 12.8. The average molecular weight is 415 g/mol. The Labute approximate surface area is 177 Å². The van der Waals surface area contributed by atoms with Crippen LogP contribution < -0.4 is 16.0 Å². The van der Waals surface area contributed by atoms with Gasteiger partial charge in [0.25, 0.3) is 11.1 Å². The molecule has 0 saturated carbocycles. The van der Waals surface area contributed by atoms with Crippen LogP contribution in [0.1, 0.15) is 12.8 Å². The van der Waals surface area contributed by atoms with Gasteiger partial charge in [-0.05, 0) is 43.2 Å². The Morgan fingerprint density at radius 2 is 1.97 bits per heavy atom. The van der Waals surface area contributed by atoms with E-state index in [1.54, 1.807) is 48.4 Å². The van der Waals surface area contributed by atoms with Gasteiger partial charge in [0.05, 0.1) is 23.7 Å². The highest BCUT2D eigenvalue weighted by Gasteiger charge is 2.29. The molecule has 9 nitrogen and oxygen atoms in total. The lowest BCUT2D eigenvalue weighted by Gasteiger charge is -2.27. The van der Waals surface area contributed by atoms with Crippen LogP contribution in [0, 0.1) is 0 Å². The fourth-order valence-electron chi connectivity index (χ4n) is 4.09. The zero-order valence-electron chi connectivity index (χ0n) is 17.0. The molecule has 0 bridgehead atoms. The molecule has 0 amide bonds. The van der Waals surface area contributed by atoms with Gasteiger partial charge < -0.3 is 4.90 Å². The monoisotopic (exact) mass is 415 g/mol. The molecule has 0 N–H and O–H groups in total. The average Bonchev–Trinajstić information content (AvgIpc) is 3.26. The number of rotatable bonds is 4. The van der Waals surface area contributed by atoms with Gasteiger partial charge in [0.1, 0.15) is 0 Å². The van der Waals surface area contributed by atoms with Gasteiger partial charge in [0, 0.05) is 43.8 Å². The summed E-state index contributed by atoms with van der Waals surface area (Å²) < 4.78 is 3.05.